The van der Waals surface area contributed by atoms with E-state index in [0.717, 1.165) is 29.8 Å². The molecule has 18 heavy (non-hydrogen) atoms. The second-order valence-electron chi connectivity index (χ2n) is 4.35. The van der Waals surface area contributed by atoms with Gasteiger partial charge in [0.1, 0.15) is 0 Å². The molecule has 94 valence electrons. The number of benzene rings is 1. The summed E-state index contributed by atoms with van der Waals surface area (Å²) in [5, 5.41) is 5.80. The number of hydrogen-bond acceptors (Lipinski definition) is 3. The van der Waals surface area contributed by atoms with Crippen LogP contribution in [0.1, 0.15) is 26.2 Å². The van der Waals surface area contributed by atoms with Gasteiger partial charge in [0.2, 0.25) is 5.91 Å². The van der Waals surface area contributed by atoms with E-state index in [1.54, 1.807) is 6.20 Å². The molecule has 1 aliphatic rings. The predicted octanol–water partition coefficient (Wildman–Crippen LogP) is 2.69. The lowest BCUT2D eigenvalue weighted by molar-refractivity contribution is -0.115. The topological polar surface area (TPSA) is 58.2 Å². The van der Waals surface area contributed by atoms with Crippen LogP contribution in [0.5, 0.6) is 0 Å². The fourth-order valence-corrected chi connectivity index (χ4v) is 1.92. The highest BCUT2D eigenvalue weighted by atomic mass is 16.1. The van der Waals surface area contributed by atoms with Crippen molar-refractivity contribution in [1.82, 2.24) is 0 Å². The summed E-state index contributed by atoms with van der Waals surface area (Å²) < 4.78 is 0. The summed E-state index contributed by atoms with van der Waals surface area (Å²) in [6, 6.07) is 7.36. The minimum Gasteiger partial charge on any atom is -0.361 e. The van der Waals surface area contributed by atoms with Crippen LogP contribution in [0.3, 0.4) is 0 Å². The molecule has 2 N–H and O–H groups in total. The van der Waals surface area contributed by atoms with Crippen LogP contribution in [0.4, 0.5) is 11.4 Å². The Kier molecular flexibility index (Phi) is 3.77. The van der Waals surface area contributed by atoms with E-state index in [-0.39, 0.29) is 11.7 Å². The number of amides is 1. The molecule has 0 unspecified atom stereocenters. The molecule has 4 nitrogen and oxygen atoms in total. The van der Waals surface area contributed by atoms with Gasteiger partial charge in [-0.05, 0) is 37.1 Å². The molecular formula is C14H16N2O2. The lowest BCUT2D eigenvalue weighted by Gasteiger charge is -2.05. The Morgan fingerprint density at radius 1 is 1.17 bits per heavy atom. The van der Waals surface area contributed by atoms with E-state index in [1.807, 2.05) is 24.3 Å². The minimum atomic E-state index is -0.0885. The Balaban J connectivity index is 1.98. The maximum Gasteiger partial charge on any atom is 0.221 e. The summed E-state index contributed by atoms with van der Waals surface area (Å²) in [7, 11) is 0. The molecule has 1 aromatic carbocycles. The van der Waals surface area contributed by atoms with Gasteiger partial charge < -0.3 is 10.6 Å². The second kappa shape index (κ2) is 5.49. The average molecular weight is 244 g/mol. The Morgan fingerprint density at radius 3 is 2.39 bits per heavy atom. The summed E-state index contributed by atoms with van der Waals surface area (Å²) >= 11 is 0. The van der Waals surface area contributed by atoms with Crippen molar-refractivity contribution < 1.29 is 9.59 Å². The Hall–Kier alpha value is -2.10. The maximum atomic E-state index is 11.4. The first-order valence-corrected chi connectivity index (χ1v) is 6.01. The van der Waals surface area contributed by atoms with Gasteiger partial charge in [0.25, 0.3) is 0 Å². The number of hydrogen-bond donors (Lipinski definition) is 2. The van der Waals surface area contributed by atoms with Gasteiger partial charge in [0.15, 0.2) is 5.78 Å². The first-order chi connectivity index (χ1) is 8.65. The van der Waals surface area contributed by atoms with E-state index in [2.05, 4.69) is 10.6 Å². The molecule has 2 rings (SSSR count). The largest absolute Gasteiger partial charge is 0.361 e. The number of nitrogens with one attached hydrogen (secondary N) is 2. The molecule has 0 aliphatic heterocycles. The van der Waals surface area contributed by atoms with Gasteiger partial charge in [-0.3, -0.25) is 9.59 Å². The molecular weight excluding hydrogens is 228 g/mol. The van der Waals surface area contributed by atoms with Gasteiger partial charge in [0.05, 0.1) is 0 Å². The summed E-state index contributed by atoms with van der Waals surface area (Å²) in [5.41, 5.74) is 2.52. The molecule has 0 atom stereocenters. The lowest BCUT2D eigenvalue weighted by atomic mass is 10.2. The molecule has 0 bridgehead atoms. The van der Waals surface area contributed by atoms with E-state index in [1.165, 1.54) is 6.92 Å². The highest BCUT2D eigenvalue weighted by molar-refractivity contribution is 5.97. The standard InChI is InChI=1S/C14H16N2O2/c1-10(17)16-13-7-5-12(6-8-13)15-9-11-3-2-4-14(11)18/h5-9,15H,2-4H2,1H3,(H,16,17)/b11-9-. The van der Waals surface area contributed by atoms with Crippen LogP contribution in [-0.2, 0) is 9.59 Å². The molecule has 1 aliphatic carbocycles. The molecule has 1 saturated carbocycles. The lowest BCUT2D eigenvalue weighted by Crippen LogP contribution is -2.05. The minimum absolute atomic E-state index is 0.0885. The van der Waals surface area contributed by atoms with Crippen molar-refractivity contribution in [2.45, 2.75) is 26.2 Å². The number of carbonyl (C=O) groups is 2. The van der Waals surface area contributed by atoms with Crippen LogP contribution in [0.2, 0.25) is 0 Å². The highest BCUT2D eigenvalue weighted by Crippen LogP contribution is 2.21. The van der Waals surface area contributed by atoms with Crippen molar-refractivity contribution in [2.75, 3.05) is 10.6 Å². The van der Waals surface area contributed by atoms with Gasteiger partial charge in [-0.25, -0.2) is 0 Å². The average Bonchev–Trinajstić information content (AvgIpc) is 2.73. The molecule has 1 aromatic rings. The van der Waals surface area contributed by atoms with E-state index < -0.39 is 0 Å². The Labute approximate surface area is 106 Å². The zero-order valence-corrected chi connectivity index (χ0v) is 10.3. The van der Waals surface area contributed by atoms with Crippen LogP contribution >= 0.6 is 0 Å². The second-order valence-corrected chi connectivity index (χ2v) is 4.35. The molecule has 0 spiro atoms. The van der Waals surface area contributed by atoms with Crippen molar-refractivity contribution in [2.24, 2.45) is 0 Å². The molecule has 1 fully saturated rings. The number of rotatable bonds is 3. The molecule has 0 radical (unpaired) electrons. The number of anilines is 2. The number of carbonyl (C=O) groups excluding carboxylic acids is 2. The van der Waals surface area contributed by atoms with Crippen LogP contribution in [-0.4, -0.2) is 11.7 Å². The SMILES string of the molecule is CC(=O)Nc1ccc(N/C=C2/CCCC2=O)cc1. The molecule has 0 aromatic heterocycles. The third-order valence-electron chi connectivity index (χ3n) is 2.83. The summed E-state index contributed by atoms with van der Waals surface area (Å²) in [6.45, 7) is 1.47. The normalized spacial score (nSPS) is 16.9. The molecule has 0 heterocycles. The monoisotopic (exact) mass is 244 g/mol. The van der Waals surface area contributed by atoms with Crippen molar-refractivity contribution >= 4 is 23.1 Å². The first-order valence-electron chi connectivity index (χ1n) is 6.01. The maximum absolute atomic E-state index is 11.4. The fourth-order valence-electron chi connectivity index (χ4n) is 1.92. The number of ketones is 1. The first kappa shape index (κ1) is 12.4. The predicted molar refractivity (Wildman–Crippen MR) is 71.3 cm³/mol. The fraction of sp³-hybridized carbons (Fsp3) is 0.286. The summed E-state index contributed by atoms with van der Waals surface area (Å²) in [4.78, 5) is 22.3. The van der Waals surface area contributed by atoms with Gasteiger partial charge in [-0.2, -0.15) is 0 Å². The van der Waals surface area contributed by atoms with Gasteiger partial charge in [0, 0.05) is 36.5 Å². The zero-order valence-electron chi connectivity index (χ0n) is 10.3. The van der Waals surface area contributed by atoms with Crippen molar-refractivity contribution in [1.29, 1.82) is 0 Å². The van der Waals surface area contributed by atoms with E-state index in [9.17, 15) is 9.59 Å². The summed E-state index contributed by atoms with van der Waals surface area (Å²) in [6.07, 6.45) is 4.25. The van der Waals surface area contributed by atoms with Crippen molar-refractivity contribution in [3.8, 4) is 0 Å². The third-order valence-corrected chi connectivity index (χ3v) is 2.83. The zero-order chi connectivity index (χ0) is 13.0. The smallest absolute Gasteiger partial charge is 0.221 e. The van der Waals surface area contributed by atoms with E-state index in [4.69, 9.17) is 0 Å². The van der Waals surface area contributed by atoms with Crippen molar-refractivity contribution in [3.05, 3.63) is 36.0 Å². The van der Waals surface area contributed by atoms with E-state index >= 15 is 0 Å². The molecule has 0 saturated heterocycles. The quantitative estimate of drug-likeness (QED) is 0.804. The van der Waals surface area contributed by atoms with Gasteiger partial charge in [-0.1, -0.05) is 0 Å². The highest BCUT2D eigenvalue weighted by Gasteiger charge is 2.16. The molecule has 1 amide bonds. The van der Waals surface area contributed by atoms with Crippen LogP contribution in [0, 0.1) is 0 Å². The van der Waals surface area contributed by atoms with Crippen LogP contribution in [0.25, 0.3) is 0 Å². The van der Waals surface area contributed by atoms with Crippen LogP contribution in [0.15, 0.2) is 36.0 Å². The Bertz CT molecular complexity index is 489. The molecule has 4 heteroatoms. The number of Topliss-reactive ketones (excluding diaryl/α,β-unsaturated/α-hetero) is 1. The van der Waals surface area contributed by atoms with E-state index in [0.29, 0.717) is 6.42 Å². The van der Waals surface area contributed by atoms with Crippen molar-refractivity contribution in [3.63, 3.8) is 0 Å². The van der Waals surface area contributed by atoms with Gasteiger partial charge in [-0.15, -0.1) is 0 Å². The van der Waals surface area contributed by atoms with Gasteiger partial charge >= 0.3 is 0 Å². The number of allylic oxidation sites excluding steroid dienone is 1. The van der Waals surface area contributed by atoms with Crippen LogP contribution < -0.4 is 10.6 Å². The third kappa shape index (κ3) is 3.20. The summed E-state index contributed by atoms with van der Waals surface area (Å²) in [5.74, 6) is 0.145. The Morgan fingerprint density at radius 2 is 1.83 bits per heavy atom.